The third-order valence-corrected chi connectivity index (χ3v) is 5.12. The Morgan fingerprint density at radius 2 is 2.13 bits per heavy atom. The van der Waals surface area contributed by atoms with Crippen molar-refractivity contribution in [2.45, 2.75) is 19.4 Å². The lowest BCUT2D eigenvalue weighted by atomic mass is 10.2. The summed E-state index contributed by atoms with van der Waals surface area (Å²) < 4.78 is 5.39. The molecule has 1 unspecified atom stereocenters. The molecular weight excluding hydrogens is 394 g/mol. The highest BCUT2D eigenvalue weighted by Gasteiger charge is 2.26. The number of benzene rings is 2. The second kappa shape index (κ2) is 8.36. The van der Waals surface area contributed by atoms with E-state index in [4.69, 9.17) is 15.5 Å². The molecule has 3 aromatic rings. The van der Waals surface area contributed by atoms with Crippen LogP contribution >= 0.6 is 0 Å². The molecule has 0 saturated carbocycles. The smallest absolute Gasteiger partial charge is 0.229 e. The van der Waals surface area contributed by atoms with E-state index in [1.165, 1.54) is 6.92 Å². The molecule has 1 atom stereocenters. The maximum absolute atomic E-state index is 11.5. The molecule has 0 aliphatic carbocycles. The standard InChI is InChI=1S/C22H23N7O2/c1-13(30)25-16-5-6-29(12-16)21-19-10-18(31-2)3-4-20(19)27-22(28-21)26-17-8-14(11-23)7-15(24)9-17/h3-4,7-10,16H,5-6,12,24H2,1-2H3,(H,25,30)(H,26,27,28). The first-order valence-corrected chi connectivity index (χ1v) is 9.90. The summed E-state index contributed by atoms with van der Waals surface area (Å²) >= 11 is 0. The van der Waals surface area contributed by atoms with Gasteiger partial charge in [-0.1, -0.05) is 0 Å². The van der Waals surface area contributed by atoms with Gasteiger partial charge in [-0.15, -0.1) is 0 Å². The molecule has 2 aromatic carbocycles. The topological polar surface area (TPSA) is 129 Å². The average molecular weight is 417 g/mol. The Labute approximate surface area is 179 Å². The van der Waals surface area contributed by atoms with Gasteiger partial charge in [0.1, 0.15) is 11.6 Å². The number of anilines is 4. The van der Waals surface area contributed by atoms with E-state index >= 15 is 0 Å². The van der Waals surface area contributed by atoms with Crippen molar-refractivity contribution in [2.24, 2.45) is 0 Å². The third-order valence-electron chi connectivity index (χ3n) is 5.12. The second-order valence-electron chi connectivity index (χ2n) is 7.47. The molecule has 4 N–H and O–H groups in total. The minimum atomic E-state index is -0.0432. The molecule has 1 amide bonds. The van der Waals surface area contributed by atoms with E-state index in [0.717, 1.165) is 29.7 Å². The maximum atomic E-state index is 11.5. The number of hydrogen-bond acceptors (Lipinski definition) is 8. The number of amides is 1. The number of ether oxygens (including phenoxy) is 1. The fraction of sp³-hybridized carbons (Fsp3) is 0.273. The zero-order valence-corrected chi connectivity index (χ0v) is 17.3. The SMILES string of the molecule is COc1ccc2nc(Nc3cc(N)cc(C#N)c3)nc(N3CCC(NC(C)=O)C3)c2c1. The number of hydrogen-bond donors (Lipinski definition) is 3. The van der Waals surface area contributed by atoms with Crippen molar-refractivity contribution in [3.05, 3.63) is 42.0 Å². The van der Waals surface area contributed by atoms with E-state index in [0.29, 0.717) is 35.2 Å². The van der Waals surface area contributed by atoms with Crippen LogP contribution in [0.4, 0.5) is 23.1 Å². The number of nitrogens with two attached hydrogens (primary N) is 1. The third kappa shape index (κ3) is 4.43. The number of fused-ring (bicyclic) bond motifs is 1. The number of carbonyl (C=O) groups is 1. The summed E-state index contributed by atoms with van der Waals surface area (Å²) in [6.45, 7) is 2.93. The van der Waals surface area contributed by atoms with E-state index in [9.17, 15) is 10.1 Å². The average Bonchev–Trinajstić information content (AvgIpc) is 3.19. The molecule has 1 saturated heterocycles. The molecule has 0 spiro atoms. The Kier molecular flexibility index (Phi) is 5.45. The number of methoxy groups -OCH3 is 1. The normalized spacial score (nSPS) is 15.5. The Morgan fingerprint density at radius 1 is 1.29 bits per heavy atom. The van der Waals surface area contributed by atoms with Gasteiger partial charge in [0, 0.05) is 42.8 Å². The molecule has 9 heteroatoms. The first-order valence-electron chi connectivity index (χ1n) is 9.90. The molecule has 2 heterocycles. The molecule has 0 radical (unpaired) electrons. The van der Waals surface area contributed by atoms with Gasteiger partial charge in [-0.25, -0.2) is 4.98 Å². The fourth-order valence-corrected chi connectivity index (χ4v) is 3.79. The summed E-state index contributed by atoms with van der Waals surface area (Å²) in [6, 6.07) is 12.8. The quantitative estimate of drug-likeness (QED) is 0.540. The number of nitrogen functional groups attached to an aromatic ring is 1. The van der Waals surface area contributed by atoms with E-state index in [1.807, 2.05) is 18.2 Å². The van der Waals surface area contributed by atoms with Gasteiger partial charge in [0.25, 0.3) is 0 Å². The van der Waals surface area contributed by atoms with Gasteiger partial charge < -0.3 is 26.0 Å². The van der Waals surface area contributed by atoms with Crippen LogP contribution in [-0.4, -0.2) is 42.1 Å². The van der Waals surface area contributed by atoms with Gasteiger partial charge in [-0.2, -0.15) is 10.2 Å². The molecule has 0 bridgehead atoms. The predicted molar refractivity (Wildman–Crippen MR) is 119 cm³/mol. The highest BCUT2D eigenvalue weighted by atomic mass is 16.5. The van der Waals surface area contributed by atoms with Crippen LogP contribution in [0.1, 0.15) is 18.9 Å². The van der Waals surface area contributed by atoms with Crippen LogP contribution in [0, 0.1) is 11.3 Å². The van der Waals surface area contributed by atoms with Crippen LogP contribution in [0.15, 0.2) is 36.4 Å². The van der Waals surface area contributed by atoms with Crippen molar-refractivity contribution in [1.82, 2.24) is 15.3 Å². The largest absolute Gasteiger partial charge is 0.497 e. The van der Waals surface area contributed by atoms with Gasteiger partial charge >= 0.3 is 0 Å². The number of rotatable bonds is 5. The molecule has 158 valence electrons. The van der Waals surface area contributed by atoms with Crippen LogP contribution in [0.5, 0.6) is 5.75 Å². The van der Waals surface area contributed by atoms with Crippen molar-refractivity contribution in [1.29, 1.82) is 5.26 Å². The molecular formula is C22H23N7O2. The summed E-state index contributed by atoms with van der Waals surface area (Å²) in [6.07, 6.45) is 0.832. The number of nitrogens with one attached hydrogen (secondary N) is 2. The molecule has 1 fully saturated rings. The van der Waals surface area contributed by atoms with Gasteiger partial charge in [-0.3, -0.25) is 4.79 Å². The molecule has 9 nitrogen and oxygen atoms in total. The summed E-state index contributed by atoms with van der Waals surface area (Å²) in [7, 11) is 1.62. The lowest BCUT2D eigenvalue weighted by molar-refractivity contribution is -0.119. The number of nitrogens with zero attached hydrogens (tertiary/aromatic N) is 4. The van der Waals surface area contributed by atoms with Crippen molar-refractivity contribution in [2.75, 3.05) is 36.1 Å². The Hall–Kier alpha value is -4.06. The van der Waals surface area contributed by atoms with Crippen LogP contribution in [0.25, 0.3) is 10.9 Å². The molecule has 31 heavy (non-hydrogen) atoms. The summed E-state index contributed by atoms with van der Waals surface area (Å²) in [5.74, 6) is 1.82. The van der Waals surface area contributed by atoms with Crippen molar-refractivity contribution >= 4 is 40.0 Å². The number of aromatic nitrogens is 2. The van der Waals surface area contributed by atoms with E-state index in [1.54, 1.807) is 25.3 Å². The van der Waals surface area contributed by atoms with E-state index < -0.39 is 0 Å². The zero-order valence-electron chi connectivity index (χ0n) is 17.3. The van der Waals surface area contributed by atoms with Gasteiger partial charge in [-0.05, 0) is 42.8 Å². The highest BCUT2D eigenvalue weighted by molar-refractivity contribution is 5.92. The van der Waals surface area contributed by atoms with Crippen molar-refractivity contribution < 1.29 is 9.53 Å². The molecule has 1 aliphatic rings. The first kappa shape index (κ1) is 20.2. The second-order valence-corrected chi connectivity index (χ2v) is 7.47. The van der Waals surface area contributed by atoms with E-state index in [2.05, 4.69) is 26.6 Å². The highest BCUT2D eigenvalue weighted by Crippen LogP contribution is 2.32. The summed E-state index contributed by atoms with van der Waals surface area (Å²) in [4.78, 5) is 23.0. The van der Waals surface area contributed by atoms with Crippen LogP contribution in [0.2, 0.25) is 0 Å². The van der Waals surface area contributed by atoms with Crippen LogP contribution < -0.4 is 26.0 Å². The Balaban J connectivity index is 1.74. The lowest BCUT2D eigenvalue weighted by Gasteiger charge is -2.21. The van der Waals surface area contributed by atoms with Crippen molar-refractivity contribution in [3.63, 3.8) is 0 Å². The zero-order chi connectivity index (χ0) is 22.0. The summed E-state index contributed by atoms with van der Waals surface area (Å²) in [5.41, 5.74) is 8.22. The van der Waals surface area contributed by atoms with E-state index in [-0.39, 0.29) is 11.9 Å². The fourth-order valence-electron chi connectivity index (χ4n) is 3.79. The van der Waals surface area contributed by atoms with Crippen LogP contribution in [0.3, 0.4) is 0 Å². The minimum Gasteiger partial charge on any atom is -0.497 e. The predicted octanol–water partition coefficient (Wildman–Crippen LogP) is 2.55. The first-order chi connectivity index (χ1) is 14.9. The molecule has 1 aromatic heterocycles. The lowest BCUT2D eigenvalue weighted by Crippen LogP contribution is -2.35. The minimum absolute atomic E-state index is 0.0432. The van der Waals surface area contributed by atoms with Gasteiger partial charge in [0.15, 0.2) is 0 Å². The molecule has 1 aliphatic heterocycles. The number of nitriles is 1. The van der Waals surface area contributed by atoms with Gasteiger partial charge in [0.2, 0.25) is 11.9 Å². The maximum Gasteiger partial charge on any atom is 0.229 e. The Bertz CT molecular complexity index is 1190. The van der Waals surface area contributed by atoms with Crippen LogP contribution in [-0.2, 0) is 4.79 Å². The molecule has 4 rings (SSSR count). The number of carbonyl (C=O) groups excluding carboxylic acids is 1. The van der Waals surface area contributed by atoms with Gasteiger partial charge in [0.05, 0.1) is 24.3 Å². The monoisotopic (exact) mass is 417 g/mol. The summed E-state index contributed by atoms with van der Waals surface area (Å²) in [5, 5.41) is 16.2. The van der Waals surface area contributed by atoms with Crippen molar-refractivity contribution in [3.8, 4) is 11.8 Å². The Morgan fingerprint density at radius 3 is 2.87 bits per heavy atom.